The van der Waals surface area contributed by atoms with Crippen molar-refractivity contribution in [1.29, 1.82) is 0 Å². The number of carbonyl (C=O) groups excluding carboxylic acids is 4. The van der Waals surface area contributed by atoms with Crippen LogP contribution >= 0.6 is 11.8 Å². The van der Waals surface area contributed by atoms with Crippen LogP contribution in [0.1, 0.15) is 65.0 Å². The maximum absolute atomic E-state index is 14.0. The molecule has 0 bridgehead atoms. The molecule has 1 aromatic rings. The van der Waals surface area contributed by atoms with E-state index in [0.717, 1.165) is 12.8 Å². The van der Waals surface area contributed by atoms with Crippen molar-refractivity contribution in [1.82, 2.24) is 15.5 Å². The Balaban J connectivity index is 3.43. The van der Waals surface area contributed by atoms with Crippen LogP contribution in [-0.2, 0) is 23.9 Å². The fourth-order valence-corrected chi connectivity index (χ4v) is 3.97. The van der Waals surface area contributed by atoms with Crippen LogP contribution < -0.4 is 10.6 Å². The largest absolute Gasteiger partial charge is 0.508 e. The summed E-state index contributed by atoms with van der Waals surface area (Å²) >= 11 is 1.53. The number of methoxy groups -OCH3 is 1. The fourth-order valence-electron chi connectivity index (χ4n) is 3.50. The second kappa shape index (κ2) is 16.0. The van der Waals surface area contributed by atoms with E-state index in [0.29, 0.717) is 24.2 Å². The van der Waals surface area contributed by atoms with Crippen molar-refractivity contribution in [2.45, 2.75) is 71.1 Å². The number of phenols is 1. The summed E-state index contributed by atoms with van der Waals surface area (Å²) in [7, 11) is 1.21. The summed E-state index contributed by atoms with van der Waals surface area (Å²) < 4.78 is 10.00. The van der Waals surface area contributed by atoms with Crippen LogP contribution in [0, 0.1) is 0 Å². The van der Waals surface area contributed by atoms with E-state index in [9.17, 15) is 24.3 Å². The normalized spacial score (nSPS) is 12.7. The second-order valence-corrected chi connectivity index (χ2v) is 10.5. The van der Waals surface area contributed by atoms with Gasteiger partial charge in [-0.15, -0.1) is 0 Å². The van der Waals surface area contributed by atoms with Gasteiger partial charge in [0.15, 0.2) is 0 Å². The molecule has 2 unspecified atom stereocenters. The van der Waals surface area contributed by atoms with Crippen molar-refractivity contribution in [3.8, 4) is 5.75 Å². The van der Waals surface area contributed by atoms with E-state index in [1.165, 1.54) is 35.9 Å². The third-order valence-corrected chi connectivity index (χ3v) is 5.93. The number of aromatic hydroxyl groups is 1. The summed E-state index contributed by atoms with van der Waals surface area (Å²) in [5.41, 5.74) is -0.300. The van der Waals surface area contributed by atoms with E-state index in [4.69, 9.17) is 4.74 Å². The first-order chi connectivity index (χ1) is 17.4. The Labute approximate surface area is 223 Å². The molecule has 3 N–H and O–H groups in total. The molecule has 0 fully saturated rings. The number of amides is 3. The molecule has 0 saturated carbocycles. The van der Waals surface area contributed by atoms with Gasteiger partial charge in [0.25, 0.3) is 0 Å². The molecule has 0 saturated heterocycles. The molecule has 0 aliphatic heterocycles. The number of hydrogen-bond donors (Lipinski definition) is 3. The van der Waals surface area contributed by atoms with Gasteiger partial charge in [-0.3, -0.25) is 14.4 Å². The van der Waals surface area contributed by atoms with Crippen molar-refractivity contribution in [3.05, 3.63) is 29.8 Å². The number of esters is 1. The third kappa shape index (κ3) is 11.8. The molecule has 0 heterocycles. The number of nitrogens with one attached hydrogen (secondary N) is 2. The van der Waals surface area contributed by atoms with Crippen LogP contribution in [0.5, 0.6) is 5.75 Å². The highest BCUT2D eigenvalue weighted by Crippen LogP contribution is 2.26. The Kier molecular flexibility index (Phi) is 13.9. The molecule has 1 aromatic carbocycles. The highest BCUT2D eigenvalue weighted by atomic mass is 32.2. The molecule has 1 rings (SSSR count). The smallest absolute Gasteiger partial charge is 0.408 e. The number of thioether (sulfide) groups is 1. The Hall–Kier alpha value is -2.95. The number of ether oxygens (including phenoxy) is 2. The maximum atomic E-state index is 14.0. The summed E-state index contributed by atoms with van der Waals surface area (Å²) in [6.45, 7) is 7.10. The minimum atomic E-state index is -1.10. The van der Waals surface area contributed by atoms with Crippen LogP contribution in [0.4, 0.5) is 4.79 Å². The second-order valence-electron chi connectivity index (χ2n) is 9.51. The van der Waals surface area contributed by atoms with Crippen molar-refractivity contribution >= 4 is 35.6 Å². The Morgan fingerprint density at radius 3 is 2.30 bits per heavy atom. The lowest BCUT2D eigenvalue weighted by Crippen LogP contribution is -2.53. The zero-order valence-corrected chi connectivity index (χ0v) is 23.5. The molecule has 0 aromatic heterocycles. The van der Waals surface area contributed by atoms with Gasteiger partial charge in [-0.05, 0) is 63.3 Å². The number of rotatable bonds is 14. The molecule has 0 aliphatic rings. The van der Waals surface area contributed by atoms with Crippen molar-refractivity contribution < 1.29 is 33.8 Å². The monoisotopic (exact) mass is 539 g/mol. The molecule has 2 atom stereocenters. The van der Waals surface area contributed by atoms with E-state index in [-0.39, 0.29) is 18.8 Å². The molecule has 37 heavy (non-hydrogen) atoms. The van der Waals surface area contributed by atoms with Crippen molar-refractivity contribution in [2.24, 2.45) is 0 Å². The summed E-state index contributed by atoms with van der Waals surface area (Å²) in [4.78, 5) is 53.0. The topological polar surface area (TPSA) is 134 Å². The van der Waals surface area contributed by atoms with Crippen molar-refractivity contribution in [3.63, 3.8) is 0 Å². The predicted octanol–water partition coefficient (Wildman–Crippen LogP) is 3.39. The molecule has 208 valence electrons. The maximum Gasteiger partial charge on any atom is 0.408 e. The minimum absolute atomic E-state index is 0.00534. The van der Waals surface area contributed by atoms with E-state index in [1.54, 1.807) is 32.9 Å². The number of carbonyl (C=O) groups is 4. The molecular weight excluding hydrogens is 498 g/mol. The molecule has 0 spiro atoms. The zero-order valence-electron chi connectivity index (χ0n) is 22.7. The lowest BCUT2D eigenvalue weighted by molar-refractivity contribution is -0.144. The van der Waals surface area contributed by atoms with E-state index >= 15 is 0 Å². The van der Waals surface area contributed by atoms with E-state index in [2.05, 4.69) is 15.4 Å². The van der Waals surface area contributed by atoms with Gasteiger partial charge in [0.1, 0.15) is 30.0 Å². The van der Waals surface area contributed by atoms with Crippen molar-refractivity contribution in [2.75, 3.05) is 32.2 Å². The van der Waals surface area contributed by atoms with Crippen LogP contribution in [0.25, 0.3) is 0 Å². The first kappa shape index (κ1) is 32.1. The number of benzene rings is 1. The Morgan fingerprint density at radius 1 is 1.11 bits per heavy atom. The van der Waals surface area contributed by atoms with Crippen LogP contribution in [0.2, 0.25) is 0 Å². The molecule has 11 heteroatoms. The average molecular weight is 540 g/mol. The Morgan fingerprint density at radius 2 is 1.76 bits per heavy atom. The van der Waals surface area contributed by atoms with Gasteiger partial charge in [-0.25, -0.2) is 4.79 Å². The first-order valence-electron chi connectivity index (χ1n) is 12.4. The molecular formula is C26H41N3O7S. The highest BCUT2D eigenvalue weighted by Gasteiger charge is 2.36. The van der Waals surface area contributed by atoms with Gasteiger partial charge >= 0.3 is 12.1 Å². The molecule has 0 aliphatic carbocycles. The van der Waals surface area contributed by atoms with Crippen LogP contribution in [0.3, 0.4) is 0 Å². The van der Waals surface area contributed by atoms with Gasteiger partial charge in [-0.1, -0.05) is 31.9 Å². The van der Waals surface area contributed by atoms with Gasteiger partial charge in [0.2, 0.25) is 11.8 Å². The first-order valence-corrected chi connectivity index (χ1v) is 13.7. The standard InChI is InChI=1S/C26H41N3O7S/c1-7-8-9-15-29(24(33)20(14-16-37-6)28-25(34)36-26(2,3)4)22(18-10-12-19(30)13-11-18)23(32)27-17-21(31)35-5/h10-13,20,22,30H,7-9,14-17H2,1-6H3,(H,27,32)(H,28,34). The van der Waals surface area contributed by atoms with Gasteiger partial charge in [0, 0.05) is 6.54 Å². The molecule has 10 nitrogen and oxygen atoms in total. The number of nitrogens with zero attached hydrogens (tertiary/aromatic N) is 1. The molecule has 0 radical (unpaired) electrons. The lowest BCUT2D eigenvalue weighted by Gasteiger charge is -2.34. The van der Waals surface area contributed by atoms with Gasteiger partial charge in [0.05, 0.1) is 7.11 Å². The Bertz CT molecular complexity index is 887. The van der Waals surface area contributed by atoms with E-state index in [1.807, 2.05) is 13.2 Å². The van der Waals surface area contributed by atoms with Gasteiger partial charge < -0.3 is 30.1 Å². The number of hydrogen-bond acceptors (Lipinski definition) is 8. The lowest BCUT2D eigenvalue weighted by atomic mass is 10.0. The number of alkyl carbamates (subject to hydrolysis) is 1. The highest BCUT2D eigenvalue weighted by molar-refractivity contribution is 7.98. The predicted molar refractivity (Wildman–Crippen MR) is 143 cm³/mol. The SMILES string of the molecule is CCCCCN(C(=O)C(CCSC)NC(=O)OC(C)(C)C)C(C(=O)NCC(=O)OC)c1ccc(O)cc1. The number of phenolic OH excluding ortho intramolecular Hbond substituents is 1. The minimum Gasteiger partial charge on any atom is -0.508 e. The average Bonchev–Trinajstić information content (AvgIpc) is 2.83. The van der Waals surface area contributed by atoms with E-state index < -0.39 is 41.6 Å². The summed E-state index contributed by atoms with van der Waals surface area (Å²) in [6.07, 6.45) is 3.85. The van der Waals surface area contributed by atoms with Gasteiger partial charge in [-0.2, -0.15) is 11.8 Å². The molecule has 3 amide bonds. The quantitative estimate of drug-likeness (QED) is 0.242. The zero-order chi connectivity index (χ0) is 28.0. The van der Waals surface area contributed by atoms with Crippen LogP contribution in [-0.4, -0.2) is 77.7 Å². The summed E-state index contributed by atoms with van der Waals surface area (Å²) in [6, 6.07) is 3.92. The fraction of sp³-hybridized carbons (Fsp3) is 0.615. The number of unbranched alkanes of at least 4 members (excludes halogenated alkanes) is 2. The summed E-state index contributed by atoms with van der Waals surface area (Å²) in [5, 5.41) is 15.0. The van der Waals surface area contributed by atoms with Crippen LogP contribution in [0.15, 0.2) is 24.3 Å². The third-order valence-electron chi connectivity index (χ3n) is 5.29. The summed E-state index contributed by atoms with van der Waals surface area (Å²) in [5.74, 6) is -1.06.